The summed E-state index contributed by atoms with van der Waals surface area (Å²) in [4.78, 5) is 25.6. The minimum absolute atomic E-state index is 0.172. The van der Waals surface area contributed by atoms with Gasteiger partial charge in [-0.1, -0.05) is 77.2 Å². The van der Waals surface area contributed by atoms with Crippen LogP contribution in [-0.2, 0) is 6.54 Å². The van der Waals surface area contributed by atoms with Crippen LogP contribution < -0.4 is 10.6 Å². The van der Waals surface area contributed by atoms with Crippen molar-refractivity contribution in [2.45, 2.75) is 26.4 Å². The fourth-order valence-electron chi connectivity index (χ4n) is 4.74. The number of para-hydroxylation sites is 1. The Morgan fingerprint density at radius 2 is 1.48 bits per heavy atom. The van der Waals surface area contributed by atoms with Crippen molar-refractivity contribution in [1.29, 1.82) is 0 Å². The van der Waals surface area contributed by atoms with Gasteiger partial charge in [-0.2, -0.15) is 9.36 Å². The van der Waals surface area contributed by atoms with E-state index in [0.29, 0.717) is 28.6 Å². The van der Waals surface area contributed by atoms with Gasteiger partial charge >= 0.3 is 12.1 Å². The molecule has 0 fully saturated rings. The Kier molecular flexibility index (Phi) is 6.49. The highest BCUT2D eigenvalue weighted by Crippen LogP contribution is 2.27. The maximum atomic E-state index is 12.9. The first-order valence-corrected chi connectivity index (χ1v) is 12.9. The summed E-state index contributed by atoms with van der Waals surface area (Å²) in [5, 5.41) is 22.2. The van der Waals surface area contributed by atoms with Gasteiger partial charge in [-0.25, -0.2) is 9.59 Å². The number of nitrogens with zero attached hydrogens (tertiary/aromatic N) is 6. The van der Waals surface area contributed by atoms with Gasteiger partial charge in [0.25, 0.3) is 0 Å². The van der Waals surface area contributed by atoms with Gasteiger partial charge in [-0.15, -0.1) is 10.2 Å². The van der Waals surface area contributed by atoms with Gasteiger partial charge in [0, 0.05) is 6.54 Å². The molecule has 198 valence electrons. The van der Waals surface area contributed by atoms with E-state index in [-0.39, 0.29) is 18.1 Å². The summed E-state index contributed by atoms with van der Waals surface area (Å²) < 4.78 is 2.55. The molecule has 2 aromatic heterocycles. The molecule has 2 amide bonds. The Labute approximate surface area is 229 Å². The minimum Gasteiger partial charge on any atom is -0.332 e. The maximum absolute atomic E-state index is 12.9. The quantitative estimate of drug-likeness (QED) is 0.315. The van der Waals surface area contributed by atoms with E-state index in [1.165, 1.54) is 9.36 Å². The van der Waals surface area contributed by atoms with Gasteiger partial charge in [0.2, 0.25) is 0 Å². The van der Waals surface area contributed by atoms with Crippen molar-refractivity contribution in [1.82, 2.24) is 40.6 Å². The maximum Gasteiger partial charge on any atom is 0.344 e. The molecule has 0 unspecified atom stereocenters. The van der Waals surface area contributed by atoms with Crippen molar-refractivity contribution in [2.24, 2.45) is 0 Å². The summed E-state index contributed by atoms with van der Waals surface area (Å²) in [6.45, 7) is 4.29. The molecule has 4 aromatic carbocycles. The predicted molar refractivity (Wildman–Crippen MR) is 152 cm³/mol. The molecule has 2 N–H and O–H groups in total. The topological polar surface area (TPSA) is 120 Å². The van der Waals surface area contributed by atoms with Crippen LogP contribution in [0.1, 0.15) is 29.7 Å². The van der Waals surface area contributed by atoms with Gasteiger partial charge in [-0.05, 0) is 65.9 Å². The summed E-state index contributed by atoms with van der Waals surface area (Å²) in [7, 11) is 0. The zero-order valence-corrected chi connectivity index (χ0v) is 21.9. The Balaban J connectivity index is 1.16. The van der Waals surface area contributed by atoms with E-state index in [1.54, 1.807) is 6.07 Å². The molecule has 0 saturated carbocycles. The van der Waals surface area contributed by atoms with Crippen LogP contribution in [0, 0.1) is 6.92 Å². The lowest BCUT2D eigenvalue weighted by molar-refractivity contribution is 0.236. The third-order valence-corrected chi connectivity index (χ3v) is 6.87. The zero-order chi connectivity index (χ0) is 27.6. The van der Waals surface area contributed by atoms with Gasteiger partial charge in [0.1, 0.15) is 11.0 Å². The summed E-state index contributed by atoms with van der Waals surface area (Å²) in [6.07, 6.45) is 0. The van der Waals surface area contributed by atoms with Gasteiger partial charge < -0.3 is 10.6 Å². The van der Waals surface area contributed by atoms with E-state index in [0.717, 1.165) is 27.8 Å². The third-order valence-electron chi connectivity index (χ3n) is 6.87. The molecule has 6 aromatic rings. The predicted octanol–water partition coefficient (Wildman–Crippen LogP) is 5.23. The molecular formula is C30H26N8O2. The highest BCUT2D eigenvalue weighted by Gasteiger charge is 2.16. The number of carbonyl (C=O) groups is 2. The number of aromatic nitrogens is 6. The second kappa shape index (κ2) is 10.4. The standard InChI is InChI=1S/C30H26N8O2/c1-19-16-21(18-31-29(39)37-27-11-7-6-10-25(27)33-35-37)12-14-24(19)23-13-15-28-26(17-23)34-36-38(28)30(40)32-20(2)22-8-4-3-5-9-22/h3-17,20H,18H2,1-2H3,(H,31,39)(H,32,40)/t20-/m1/s1. The largest absolute Gasteiger partial charge is 0.344 e. The lowest BCUT2D eigenvalue weighted by Gasteiger charge is -2.14. The first-order valence-electron chi connectivity index (χ1n) is 12.9. The number of aryl methyl sites for hydroxylation is 1. The third kappa shape index (κ3) is 4.78. The molecule has 0 aliphatic heterocycles. The molecule has 0 bridgehead atoms. The molecule has 40 heavy (non-hydrogen) atoms. The monoisotopic (exact) mass is 530 g/mol. The molecule has 0 aliphatic carbocycles. The lowest BCUT2D eigenvalue weighted by atomic mass is 9.98. The van der Waals surface area contributed by atoms with Crippen LogP contribution in [0.4, 0.5) is 9.59 Å². The fourth-order valence-corrected chi connectivity index (χ4v) is 4.74. The molecule has 10 heteroatoms. The number of rotatable bonds is 5. The number of amides is 2. The van der Waals surface area contributed by atoms with Crippen LogP contribution in [0.3, 0.4) is 0 Å². The lowest BCUT2D eigenvalue weighted by Crippen LogP contribution is -2.31. The number of nitrogens with one attached hydrogen (secondary N) is 2. The molecule has 6 rings (SSSR count). The smallest absolute Gasteiger partial charge is 0.332 e. The minimum atomic E-state index is -0.342. The van der Waals surface area contributed by atoms with Crippen molar-refractivity contribution in [3.8, 4) is 11.1 Å². The Hall–Kier alpha value is -5.38. The number of hydrogen-bond acceptors (Lipinski definition) is 6. The number of carbonyl (C=O) groups excluding carboxylic acids is 2. The molecular weight excluding hydrogens is 504 g/mol. The average molecular weight is 531 g/mol. The van der Waals surface area contributed by atoms with E-state index in [2.05, 4.69) is 31.3 Å². The summed E-state index contributed by atoms with van der Waals surface area (Å²) in [5.74, 6) is 0. The second-order valence-electron chi connectivity index (χ2n) is 9.58. The number of hydrogen-bond donors (Lipinski definition) is 2. The zero-order valence-electron chi connectivity index (χ0n) is 21.9. The van der Waals surface area contributed by atoms with E-state index >= 15 is 0 Å². The van der Waals surface area contributed by atoms with Crippen LogP contribution in [0.25, 0.3) is 33.2 Å². The normalized spacial score (nSPS) is 11.9. The molecule has 10 nitrogen and oxygen atoms in total. The van der Waals surface area contributed by atoms with Crippen molar-refractivity contribution < 1.29 is 9.59 Å². The molecule has 2 heterocycles. The van der Waals surface area contributed by atoms with Crippen molar-refractivity contribution in [2.75, 3.05) is 0 Å². The van der Waals surface area contributed by atoms with E-state index in [4.69, 9.17) is 0 Å². The van der Waals surface area contributed by atoms with Crippen LogP contribution in [-0.4, -0.2) is 42.0 Å². The number of fused-ring (bicyclic) bond motifs is 2. The second-order valence-corrected chi connectivity index (χ2v) is 9.58. The Morgan fingerprint density at radius 3 is 2.27 bits per heavy atom. The molecule has 1 atom stereocenters. The highest BCUT2D eigenvalue weighted by atomic mass is 16.2. The molecule has 0 aliphatic rings. The summed E-state index contributed by atoms with van der Waals surface area (Å²) in [5.41, 5.74) is 7.55. The molecule has 0 radical (unpaired) electrons. The Morgan fingerprint density at radius 1 is 0.775 bits per heavy atom. The van der Waals surface area contributed by atoms with Crippen molar-refractivity contribution >= 4 is 34.1 Å². The van der Waals surface area contributed by atoms with Crippen molar-refractivity contribution in [3.63, 3.8) is 0 Å². The first kappa shape index (κ1) is 24.9. The molecule has 0 spiro atoms. The van der Waals surface area contributed by atoms with Crippen LogP contribution in [0.5, 0.6) is 0 Å². The first-order chi connectivity index (χ1) is 19.5. The van der Waals surface area contributed by atoms with Crippen molar-refractivity contribution in [3.05, 3.63) is 108 Å². The summed E-state index contributed by atoms with van der Waals surface area (Å²) in [6, 6.07) is 28.0. The van der Waals surface area contributed by atoms with E-state index in [1.807, 2.05) is 98.8 Å². The van der Waals surface area contributed by atoms with Gasteiger partial charge in [0.15, 0.2) is 0 Å². The SMILES string of the molecule is Cc1cc(CNC(=O)n2nnc3ccccc32)ccc1-c1ccc2c(c1)nnn2C(=O)N[C@H](C)c1ccccc1. The Bertz CT molecular complexity index is 1860. The van der Waals surface area contributed by atoms with E-state index < -0.39 is 0 Å². The summed E-state index contributed by atoms with van der Waals surface area (Å²) >= 11 is 0. The number of benzene rings is 4. The van der Waals surface area contributed by atoms with Crippen LogP contribution in [0.15, 0.2) is 91.0 Å². The van der Waals surface area contributed by atoms with E-state index in [9.17, 15) is 9.59 Å². The van der Waals surface area contributed by atoms with Crippen LogP contribution in [0.2, 0.25) is 0 Å². The highest BCUT2D eigenvalue weighted by molar-refractivity contribution is 5.90. The average Bonchev–Trinajstić information content (AvgIpc) is 3.61. The molecule has 0 saturated heterocycles. The van der Waals surface area contributed by atoms with Gasteiger partial charge in [0.05, 0.1) is 17.1 Å². The van der Waals surface area contributed by atoms with Crippen LogP contribution >= 0.6 is 0 Å². The van der Waals surface area contributed by atoms with Gasteiger partial charge in [-0.3, -0.25) is 0 Å². The fraction of sp³-hybridized carbons (Fsp3) is 0.133.